The van der Waals surface area contributed by atoms with Gasteiger partial charge in [0.15, 0.2) is 0 Å². The highest BCUT2D eigenvalue weighted by molar-refractivity contribution is 9.10. The van der Waals surface area contributed by atoms with E-state index >= 15 is 0 Å². The minimum atomic E-state index is 0.266. The van der Waals surface area contributed by atoms with Crippen LogP contribution in [0, 0.1) is 0 Å². The first kappa shape index (κ1) is 12.5. The van der Waals surface area contributed by atoms with Crippen molar-refractivity contribution in [2.24, 2.45) is 0 Å². The van der Waals surface area contributed by atoms with E-state index in [4.69, 9.17) is 4.74 Å². The van der Waals surface area contributed by atoms with Gasteiger partial charge in [0.25, 0.3) is 0 Å². The van der Waals surface area contributed by atoms with Crippen LogP contribution in [0.4, 0.5) is 0 Å². The molecule has 0 saturated heterocycles. The number of benzene rings is 1. The van der Waals surface area contributed by atoms with Gasteiger partial charge in [-0.15, -0.1) is 0 Å². The third-order valence-corrected chi connectivity index (χ3v) is 2.79. The molecule has 1 N–H and O–H groups in total. The highest BCUT2D eigenvalue weighted by Gasteiger charge is 2.06. The van der Waals surface area contributed by atoms with Gasteiger partial charge >= 0.3 is 0 Å². The molecule has 0 fully saturated rings. The maximum absolute atomic E-state index is 5.84. The quantitative estimate of drug-likeness (QED) is 0.887. The minimum absolute atomic E-state index is 0.266. The number of nitrogens with one attached hydrogen (secondary N) is 1. The SMILES string of the molecule is CCC(C)Oc1ccc(Br)cc1CNC. The smallest absolute Gasteiger partial charge is 0.124 e. The average molecular weight is 272 g/mol. The van der Waals surface area contributed by atoms with Crippen molar-refractivity contribution >= 4 is 15.9 Å². The van der Waals surface area contributed by atoms with Crippen LogP contribution >= 0.6 is 15.9 Å². The lowest BCUT2D eigenvalue weighted by molar-refractivity contribution is 0.215. The molecule has 1 atom stereocenters. The third-order valence-electron chi connectivity index (χ3n) is 2.29. The normalized spacial score (nSPS) is 12.5. The van der Waals surface area contributed by atoms with Gasteiger partial charge in [-0.3, -0.25) is 0 Å². The first-order valence-corrected chi connectivity index (χ1v) is 6.06. The molecule has 0 spiro atoms. The fourth-order valence-electron chi connectivity index (χ4n) is 1.29. The highest BCUT2D eigenvalue weighted by atomic mass is 79.9. The fraction of sp³-hybridized carbons (Fsp3) is 0.500. The Kier molecular flexibility index (Phi) is 5.12. The van der Waals surface area contributed by atoms with E-state index in [1.54, 1.807) is 0 Å². The van der Waals surface area contributed by atoms with Crippen molar-refractivity contribution in [3.63, 3.8) is 0 Å². The standard InChI is InChI=1S/C12H18BrNO/c1-4-9(2)15-12-6-5-11(13)7-10(12)8-14-3/h5-7,9,14H,4,8H2,1-3H3. The summed E-state index contributed by atoms with van der Waals surface area (Å²) in [6.07, 6.45) is 1.29. The minimum Gasteiger partial charge on any atom is -0.490 e. The summed E-state index contributed by atoms with van der Waals surface area (Å²) in [7, 11) is 1.94. The van der Waals surface area contributed by atoms with Crippen molar-refractivity contribution in [3.8, 4) is 5.75 Å². The van der Waals surface area contributed by atoms with Crippen molar-refractivity contribution in [2.75, 3.05) is 7.05 Å². The van der Waals surface area contributed by atoms with Crippen LogP contribution in [0.1, 0.15) is 25.8 Å². The van der Waals surface area contributed by atoms with Crippen molar-refractivity contribution < 1.29 is 4.74 Å². The summed E-state index contributed by atoms with van der Waals surface area (Å²) < 4.78 is 6.93. The number of halogens is 1. The molecule has 84 valence electrons. The van der Waals surface area contributed by atoms with Crippen LogP contribution in [-0.2, 0) is 6.54 Å². The Hall–Kier alpha value is -0.540. The van der Waals surface area contributed by atoms with Gasteiger partial charge < -0.3 is 10.1 Å². The van der Waals surface area contributed by atoms with E-state index in [9.17, 15) is 0 Å². The zero-order valence-electron chi connectivity index (χ0n) is 9.51. The summed E-state index contributed by atoms with van der Waals surface area (Å²) in [6.45, 7) is 5.04. The second kappa shape index (κ2) is 6.13. The van der Waals surface area contributed by atoms with Crippen LogP contribution in [-0.4, -0.2) is 13.2 Å². The molecule has 1 aromatic rings. The maximum Gasteiger partial charge on any atom is 0.124 e. The van der Waals surface area contributed by atoms with Crippen LogP contribution in [0.3, 0.4) is 0 Å². The van der Waals surface area contributed by atoms with Gasteiger partial charge in [-0.25, -0.2) is 0 Å². The van der Waals surface area contributed by atoms with Crippen LogP contribution in [0.5, 0.6) is 5.75 Å². The summed E-state index contributed by atoms with van der Waals surface area (Å²) in [5.41, 5.74) is 1.19. The first-order valence-electron chi connectivity index (χ1n) is 5.27. The largest absolute Gasteiger partial charge is 0.490 e. The molecule has 0 aromatic heterocycles. The van der Waals surface area contributed by atoms with Crippen LogP contribution < -0.4 is 10.1 Å². The molecular formula is C12H18BrNO. The number of ether oxygens (including phenoxy) is 1. The molecule has 0 aliphatic heterocycles. The zero-order chi connectivity index (χ0) is 11.3. The predicted octanol–water partition coefficient (Wildman–Crippen LogP) is 3.35. The maximum atomic E-state index is 5.84. The average Bonchev–Trinajstić information content (AvgIpc) is 2.22. The summed E-state index contributed by atoms with van der Waals surface area (Å²) in [5, 5.41) is 3.14. The second-order valence-electron chi connectivity index (χ2n) is 3.62. The predicted molar refractivity (Wildman–Crippen MR) is 67.3 cm³/mol. The van der Waals surface area contributed by atoms with E-state index in [1.165, 1.54) is 5.56 Å². The summed E-state index contributed by atoms with van der Waals surface area (Å²) >= 11 is 3.47. The van der Waals surface area contributed by atoms with E-state index in [-0.39, 0.29) is 6.10 Å². The summed E-state index contributed by atoms with van der Waals surface area (Å²) in [6, 6.07) is 6.12. The molecule has 0 heterocycles. The van der Waals surface area contributed by atoms with Gasteiger partial charge in [0.05, 0.1) is 6.10 Å². The van der Waals surface area contributed by atoms with Crippen molar-refractivity contribution in [2.45, 2.75) is 32.9 Å². The van der Waals surface area contributed by atoms with E-state index in [2.05, 4.69) is 41.2 Å². The molecular weight excluding hydrogens is 254 g/mol. The number of rotatable bonds is 5. The lowest BCUT2D eigenvalue weighted by atomic mass is 10.2. The van der Waals surface area contributed by atoms with E-state index < -0.39 is 0 Å². The number of hydrogen-bond acceptors (Lipinski definition) is 2. The fourth-order valence-corrected chi connectivity index (χ4v) is 1.70. The molecule has 2 nitrogen and oxygen atoms in total. The van der Waals surface area contributed by atoms with Gasteiger partial charge in [-0.05, 0) is 38.6 Å². The molecule has 0 aliphatic rings. The van der Waals surface area contributed by atoms with E-state index in [0.29, 0.717) is 0 Å². The molecule has 0 bridgehead atoms. The van der Waals surface area contributed by atoms with Gasteiger partial charge in [0.2, 0.25) is 0 Å². The van der Waals surface area contributed by atoms with Gasteiger partial charge in [-0.2, -0.15) is 0 Å². The molecule has 0 amide bonds. The summed E-state index contributed by atoms with van der Waals surface area (Å²) in [5.74, 6) is 0.974. The first-order chi connectivity index (χ1) is 7.17. The Morgan fingerprint density at radius 2 is 2.20 bits per heavy atom. The molecule has 1 unspecified atom stereocenters. The molecule has 15 heavy (non-hydrogen) atoms. The van der Waals surface area contributed by atoms with Crippen molar-refractivity contribution in [3.05, 3.63) is 28.2 Å². The van der Waals surface area contributed by atoms with Gasteiger partial charge in [0.1, 0.15) is 5.75 Å². The Bertz CT molecular complexity index is 314. The zero-order valence-corrected chi connectivity index (χ0v) is 11.1. The van der Waals surface area contributed by atoms with Crippen LogP contribution in [0.25, 0.3) is 0 Å². The Morgan fingerprint density at radius 3 is 2.80 bits per heavy atom. The molecule has 3 heteroatoms. The molecule has 0 aliphatic carbocycles. The van der Waals surface area contributed by atoms with Gasteiger partial charge in [-0.1, -0.05) is 22.9 Å². The van der Waals surface area contributed by atoms with Gasteiger partial charge in [0, 0.05) is 16.6 Å². The highest BCUT2D eigenvalue weighted by Crippen LogP contribution is 2.24. The van der Waals surface area contributed by atoms with Crippen molar-refractivity contribution in [1.82, 2.24) is 5.32 Å². The van der Waals surface area contributed by atoms with E-state index in [1.807, 2.05) is 19.2 Å². The van der Waals surface area contributed by atoms with E-state index in [0.717, 1.165) is 23.2 Å². The number of hydrogen-bond donors (Lipinski definition) is 1. The molecule has 1 aromatic carbocycles. The topological polar surface area (TPSA) is 21.3 Å². The Balaban J connectivity index is 2.85. The Labute approximate surface area is 100 Å². The summed E-state index contributed by atoms with van der Waals surface area (Å²) in [4.78, 5) is 0. The van der Waals surface area contributed by atoms with Crippen molar-refractivity contribution in [1.29, 1.82) is 0 Å². The van der Waals surface area contributed by atoms with Crippen LogP contribution in [0.2, 0.25) is 0 Å². The van der Waals surface area contributed by atoms with Crippen LogP contribution in [0.15, 0.2) is 22.7 Å². The lowest BCUT2D eigenvalue weighted by Gasteiger charge is -2.16. The Morgan fingerprint density at radius 1 is 1.47 bits per heavy atom. The second-order valence-corrected chi connectivity index (χ2v) is 4.53. The molecule has 0 radical (unpaired) electrons. The molecule has 0 saturated carbocycles. The lowest BCUT2D eigenvalue weighted by Crippen LogP contribution is -2.13. The molecule has 1 rings (SSSR count). The third kappa shape index (κ3) is 3.84. The monoisotopic (exact) mass is 271 g/mol.